The molecule has 60 heavy (non-hydrogen) atoms. The van der Waals surface area contributed by atoms with Gasteiger partial charge in [-0.25, -0.2) is 0 Å². The summed E-state index contributed by atoms with van der Waals surface area (Å²) >= 11 is 0. The largest absolute Gasteiger partial charge is 0.462 e. The van der Waals surface area contributed by atoms with E-state index in [1.807, 2.05) is 0 Å². The lowest BCUT2D eigenvalue weighted by Gasteiger charge is -2.18. The summed E-state index contributed by atoms with van der Waals surface area (Å²) in [7, 11) is 0. The van der Waals surface area contributed by atoms with Gasteiger partial charge in [0.2, 0.25) is 0 Å². The smallest absolute Gasteiger partial charge is 0.306 e. The average molecular weight is 835 g/mol. The second kappa shape index (κ2) is 50.4. The molecule has 0 rings (SSSR count). The van der Waals surface area contributed by atoms with Gasteiger partial charge in [0.15, 0.2) is 6.10 Å². The predicted octanol–water partition coefficient (Wildman–Crippen LogP) is 16.9. The molecule has 0 saturated carbocycles. The van der Waals surface area contributed by atoms with E-state index in [4.69, 9.17) is 14.2 Å². The van der Waals surface area contributed by atoms with Crippen LogP contribution in [0.2, 0.25) is 0 Å². The molecule has 0 saturated heterocycles. The number of rotatable bonds is 45. The number of hydrogen-bond acceptors (Lipinski definition) is 5. The topological polar surface area (TPSA) is 61.8 Å². The van der Waals surface area contributed by atoms with E-state index in [1.54, 1.807) is 0 Å². The quantitative estimate of drug-likeness (QED) is 0.0347. The van der Waals surface area contributed by atoms with E-state index in [9.17, 15) is 9.59 Å². The van der Waals surface area contributed by atoms with Crippen LogP contribution in [0.3, 0.4) is 0 Å². The summed E-state index contributed by atoms with van der Waals surface area (Å²) in [6, 6.07) is 0. The van der Waals surface area contributed by atoms with Crippen LogP contribution in [0.5, 0.6) is 0 Å². The fourth-order valence-corrected chi connectivity index (χ4v) is 6.65. The van der Waals surface area contributed by atoms with Gasteiger partial charge in [-0.05, 0) is 109 Å². The molecule has 0 amide bonds. The molecular weight excluding hydrogens is 741 g/mol. The first-order valence-corrected chi connectivity index (χ1v) is 25.1. The summed E-state index contributed by atoms with van der Waals surface area (Å²) in [5, 5.41) is 0. The highest BCUT2D eigenvalue weighted by Gasteiger charge is 2.17. The Morgan fingerprint density at radius 1 is 0.383 bits per heavy atom. The molecule has 0 N–H and O–H groups in total. The highest BCUT2D eigenvalue weighted by molar-refractivity contribution is 5.70. The van der Waals surface area contributed by atoms with E-state index >= 15 is 0 Å². The van der Waals surface area contributed by atoms with E-state index < -0.39 is 6.10 Å². The van der Waals surface area contributed by atoms with Gasteiger partial charge in [-0.1, -0.05) is 189 Å². The molecule has 0 aliphatic rings. The third kappa shape index (κ3) is 47.8. The molecule has 344 valence electrons. The molecule has 0 bridgehead atoms. The lowest BCUT2D eigenvalue weighted by molar-refractivity contribution is -0.163. The van der Waals surface area contributed by atoms with Gasteiger partial charge in [0.25, 0.3) is 0 Å². The second-order valence-electron chi connectivity index (χ2n) is 16.3. The Morgan fingerprint density at radius 3 is 1.32 bits per heavy atom. The molecule has 5 nitrogen and oxygen atoms in total. The molecule has 0 aromatic heterocycles. The van der Waals surface area contributed by atoms with E-state index in [2.05, 4.69) is 106 Å². The predicted molar refractivity (Wildman–Crippen MR) is 260 cm³/mol. The lowest BCUT2D eigenvalue weighted by atomic mass is 10.1. The summed E-state index contributed by atoms with van der Waals surface area (Å²) in [6.07, 6.45) is 65.9. The Bertz CT molecular complexity index is 1130. The maximum absolute atomic E-state index is 12.8. The monoisotopic (exact) mass is 835 g/mol. The molecule has 0 aromatic rings. The van der Waals surface area contributed by atoms with Gasteiger partial charge >= 0.3 is 11.9 Å². The van der Waals surface area contributed by atoms with E-state index in [0.29, 0.717) is 19.4 Å². The van der Waals surface area contributed by atoms with Crippen LogP contribution in [0, 0.1) is 0 Å². The number of carbonyl (C=O) groups is 2. The first-order chi connectivity index (χ1) is 29.6. The zero-order valence-corrected chi connectivity index (χ0v) is 39.5. The molecular formula is C55H94O5. The van der Waals surface area contributed by atoms with Crippen molar-refractivity contribution in [3.05, 3.63) is 85.1 Å². The Labute approximate surface area is 371 Å². The van der Waals surface area contributed by atoms with Crippen molar-refractivity contribution in [2.75, 3.05) is 19.8 Å². The van der Waals surface area contributed by atoms with Crippen LogP contribution < -0.4 is 0 Å². The molecule has 5 heteroatoms. The standard InChI is InChI=1S/C55H94O5/c1-4-7-10-13-16-19-22-25-28-30-33-36-39-42-45-48-54(56)59-52-53(51-58-50-47-44-41-38-35-32-27-24-21-18-15-12-9-6-3)60-55(57)49-46-43-40-37-34-31-29-26-23-20-17-14-11-8-5-2/h7,10,12,15-16,19,21,24-26,28-29,33,36,53H,4-6,8-9,11,13-14,17-18,20,22-23,27,30-32,34-35,37-52H2,1-3H3/b10-7-,15-12-,19-16-,24-21-,28-25-,29-26-,36-33-. The minimum absolute atomic E-state index is 0.0529. The van der Waals surface area contributed by atoms with Crippen LogP contribution in [0.15, 0.2) is 85.1 Å². The van der Waals surface area contributed by atoms with Crippen LogP contribution in [-0.2, 0) is 23.8 Å². The van der Waals surface area contributed by atoms with Crippen LogP contribution >= 0.6 is 0 Å². The third-order valence-corrected chi connectivity index (χ3v) is 10.4. The molecule has 0 heterocycles. The van der Waals surface area contributed by atoms with E-state index in [-0.39, 0.29) is 25.2 Å². The first kappa shape index (κ1) is 57.1. The Morgan fingerprint density at radius 2 is 0.783 bits per heavy atom. The summed E-state index contributed by atoms with van der Waals surface area (Å²) in [4.78, 5) is 25.4. The van der Waals surface area contributed by atoms with Gasteiger partial charge < -0.3 is 14.2 Å². The second-order valence-corrected chi connectivity index (χ2v) is 16.3. The fraction of sp³-hybridized carbons (Fsp3) is 0.709. The average Bonchev–Trinajstić information content (AvgIpc) is 3.25. The third-order valence-electron chi connectivity index (χ3n) is 10.4. The maximum Gasteiger partial charge on any atom is 0.306 e. The minimum atomic E-state index is -0.566. The van der Waals surface area contributed by atoms with Crippen molar-refractivity contribution in [2.45, 2.75) is 232 Å². The minimum Gasteiger partial charge on any atom is -0.462 e. The number of hydrogen-bond donors (Lipinski definition) is 0. The van der Waals surface area contributed by atoms with Crippen molar-refractivity contribution < 1.29 is 23.8 Å². The van der Waals surface area contributed by atoms with Crippen molar-refractivity contribution in [1.29, 1.82) is 0 Å². The summed E-state index contributed by atoms with van der Waals surface area (Å²) in [6.45, 7) is 7.57. The van der Waals surface area contributed by atoms with Gasteiger partial charge in [-0.15, -0.1) is 0 Å². The summed E-state index contributed by atoms with van der Waals surface area (Å²) in [5.41, 5.74) is 0. The first-order valence-electron chi connectivity index (χ1n) is 25.1. The number of ether oxygens (including phenoxy) is 3. The van der Waals surface area contributed by atoms with Crippen LogP contribution in [0.4, 0.5) is 0 Å². The zero-order valence-electron chi connectivity index (χ0n) is 39.5. The Kier molecular flexibility index (Phi) is 48.0. The van der Waals surface area contributed by atoms with Crippen LogP contribution in [-0.4, -0.2) is 37.9 Å². The number of allylic oxidation sites excluding steroid dienone is 14. The SMILES string of the molecule is CC/C=C\C/C=C\C/C=C\C/C=C\CCCCC(=O)OCC(COCCCCCCCC/C=C\C/C=C\CCC)OC(=O)CCCCCCC/C=C\CCCCCCCC. The maximum atomic E-state index is 12.8. The number of unbranched alkanes of at least 4 members (excludes halogenated alkanes) is 20. The van der Waals surface area contributed by atoms with Crippen molar-refractivity contribution in [2.24, 2.45) is 0 Å². The highest BCUT2D eigenvalue weighted by atomic mass is 16.6. The fourth-order valence-electron chi connectivity index (χ4n) is 6.65. The highest BCUT2D eigenvalue weighted by Crippen LogP contribution is 2.13. The van der Waals surface area contributed by atoms with Gasteiger partial charge in [-0.2, -0.15) is 0 Å². The molecule has 0 fully saturated rings. The molecule has 0 spiro atoms. The van der Waals surface area contributed by atoms with Crippen molar-refractivity contribution in [3.8, 4) is 0 Å². The van der Waals surface area contributed by atoms with Gasteiger partial charge in [0.1, 0.15) is 6.61 Å². The van der Waals surface area contributed by atoms with Gasteiger partial charge in [-0.3, -0.25) is 9.59 Å². The molecule has 1 atom stereocenters. The van der Waals surface area contributed by atoms with Gasteiger partial charge in [0, 0.05) is 19.4 Å². The van der Waals surface area contributed by atoms with Crippen LogP contribution in [0.1, 0.15) is 226 Å². The van der Waals surface area contributed by atoms with Crippen molar-refractivity contribution in [1.82, 2.24) is 0 Å². The molecule has 0 aromatic carbocycles. The van der Waals surface area contributed by atoms with Crippen molar-refractivity contribution >= 4 is 11.9 Å². The molecule has 0 radical (unpaired) electrons. The van der Waals surface area contributed by atoms with Crippen LogP contribution in [0.25, 0.3) is 0 Å². The molecule has 0 aliphatic heterocycles. The van der Waals surface area contributed by atoms with E-state index in [0.717, 1.165) is 89.9 Å². The zero-order chi connectivity index (χ0) is 43.5. The molecule has 0 aliphatic carbocycles. The normalized spacial score (nSPS) is 12.9. The summed E-state index contributed by atoms with van der Waals surface area (Å²) in [5.74, 6) is -0.462. The summed E-state index contributed by atoms with van der Waals surface area (Å²) < 4.78 is 17.3. The van der Waals surface area contributed by atoms with Gasteiger partial charge in [0.05, 0.1) is 6.61 Å². The number of carbonyl (C=O) groups excluding carboxylic acids is 2. The van der Waals surface area contributed by atoms with Crippen molar-refractivity contribution in [3.63, 3.8) is 0 Å². The number of esters is 2. The Hall–Kier alpha value is -2.92. The molecule has 1 unspecified atom stereocenters. The Balaban J connectivity index is 4.37. The van der Waals surface area contributed by atoms with E-state index in [1.165, 1.54) is 103 Å². The lowest BCUT2D eigenvalue weighted by Crippen LogP contribution is -2.30.